The molecule has 10 heteroatoms. The van der Waals surface area contributed by atoms with Crippen molar-refractivity contribution in [3.05, 3.63) is 48.6 Å². The summed E-state index contributed by atoms with van der Waals surface area (Å²) in [6, 6.07) is 0. The summed E-state index contributed by atoms with van der Waals surface area (Å²) in [5, 5.41) is 40.1. The van der Waals surface area contributed by atoms with E-state index in [0.717, 1.165) is 70.6 Å². The fourth-order valence-electron chi connectivity index (χ4n) is 6.54. The van der Waals surface area contributed by atoms with Crippen molar-refractivity contribution < 1.29 is 49.0 Å². The summed E-state index contributed by atoms with van der Waals surface area (Å²) in [5.74, 6) is -0.838. The van der Waals surface area contributed by atoms with Gasteiger partial charge >= 0.3 is 11.9 Å². The van der Waals surface area contributed by atoms with Crippen molar-refractivity contribution in [2.75, 3.05) is 19.8 Å². The van der Waals surface area contributed by atoms with E-state index in [2.05, 4.69) is 62.5 Å². The minimum atomic E-state index is -1.60. The molecule has 4 N–H and O–H groups in total. The van der Waals surface area contributed by atoms with Crippen LogP contribution in [0.3, 0.4) is 0 Å². The Hall–Kier alpha value is -2.34. The standard InChI is InChI=1S/C47H82O10/c1-3-5-7-9-11-13-15-17-19-20-22-24-26-28-30-32-34-36-43(50)56-40(39-55-47-46(53)45(52)44(51)41(37-48)57-47)38-54-42(49)35-33-31-29-27-25-23-21-18-16-14-12-10-8-6-4-2/h11,13-14,16-17,19,22,24,40-41,44-48,51-53H,3-10,12,15,18,20-21,23,25-39H2,1-2H3/b13-11+,16-14+,19-17+,24-22+/t40-,41-,44+,45?,46?,47-/m1/s1. The molecule has 0 aromatic heterocycles. The first-order valence-corrected chi connectivity index (χ1v) is 22.7. The van der Waals surface area contributed by atoms with Crippen molar-refractivity contribution in [3.8, 4) is 0 Å². The van der Waals surface area contributed by atoms with E-state index in [4.69, 9.17) is 18.9 Å². The number of allylic oxidation sites excluding steroid dienone is 8. The van der Waals surface area contributed by atoms with Crippen LogP contribution >= 0.6 is 0 Å². The Morgan fingerprint density at radius 1 is 0.544 bits per heavy atom. The third kappa shape index (κ3) is 29.5. The zero-order chi connectivity index (χ0) is 41.6. The normalized spacial score (nSPS) is 20.7. The minimum Gasteiger partial charge on any atom is -0.462 e. The van der Waals surface area contributed by atoms with Crippen molar-refractivity contribution in [1.82, 2.24) is 0 Å². The summed E-state index contributed by atoms with van der Waals surface area (Å²) in [6.07, 6.45) is 36.8. The van der Waals surface area contributed by atoms with Gasteiger partial charge in [-0.05, 0) is 77.0 Å². The van der Waals surface area contributed by atoms with E-state index < -0.39 is 49.4 Å². The van der Waals surface area contributed by atoms with Gasteiger partial charge in [0, 0.05) is 12.8 Å². The number of unbranched alkanes of at least 4 members (excludes halogenated alkanes) is 18. The Morgan fingerprint density at radius 3 is 1.53 bits per heavy atom. The quantitative estimate of drug-likeness (QED) is 0.0271. The monoisotopic (exact) mass is 807 g/mol. The van der Waals surface area contributed by atoms with E-state index in [1.165, 1.54) is 77.0 Å². The molecule has 330 valence electrons. The SMILES string of the molecule is CCCCC/C=C/C/C=C/C/C=C/CCCCCCC(=O)O[C@H](COC(=O)CCCCCCCCC/C=C/CCCCCC)CO[C@@H]1O[C@H](CO)[C@H](O)C(O)C1O. The van der Waals surface area contributed by atoms with Gasteiger partial charge in [-0.2, -0.15) is 0 Å². The molecule has 0 aromatic carbocycles. The summed E-state index contributed by atoms with van der Waals surface area (Å²) in [7, 11) is 0. The van der Waals surface area contributed by atoms with Crippen LogP contribution < -0.4 is 0 Å². The van der Waals surface area contributed by atoms with Crippen molar-refractivity contribution >= 4 is 11.9 Å². The maximum atomic E-state index is 12.8. The molecule has 0 aromatic rings. The van der Waals surface area contributed by atoms with Crippen LogP contribution in [0.4, 0.5) is 0 Å². The first kappa shape index (κ1) is 52.7. The van der Waals surface area contributed by atoms with Crippen LogP contribution in [0.5, 0.6) is 0 Å². The number of esters is 2. The maximum Gasteiger partial charge on any atom is 0.306 e. The molecule has 1 rings (SSSR count). The lowest BCUT2D eigenvalue weighted by Gasteiger charge is -2.39. The number of ether oxygens (including phenoxy) is 4. The molecule has 0 bridgehead atoms. The highest BCUT2D eigenvalue weighted by molar-refractivity contribution is 5.70. The number of hydrogen-bond donors (Lipinski definition) is 4. The van der Waals surface area contributed by atoms with E-state index in [-0.39, 0.29) is 32.0 Å². The molecule has 0 spiro atoms. The predicted octanol–water partition coefficient (Wildman–Crippen LogP) is 9.67. The van der Waals surface area contributed by atoms with Crippen LogP contribution in [0.25, 0.3) is 0 Å². The van der Waals surface area contributed by atoms with Crippen LogP contribution in [0.1, 0.15) is 181 Å². The van der Waals surface area contributed by atoms with Crippen molar-refractivity contribution in [3.63, 3.8) is 0 Å². The zero-order valence-electron chi connectivity index (χ0n) is 35.8. The van der Waals surface area contributed by atoms with Gasteiger partial charge in [-0.3, -0.25) is 9.59 Å². The molecule has 1 aliphatic rings. The van der Waals surface area contributed by atoms with E-state index in [1.54, 1.807) is 0 Å². The van der Waals surface area contributed by atoms with Crippen LogP contribution in [-0.2, 0) is 28.5 Å². The van der Waals surface area contributed by atoms with Gasteiger partial charge in [-0.15, -0.1) is 0 Å². The minimum absolute atomic E-state index is 0.202. The number of aliphatic hydroxyl groups excluding tert-OH is 4. The lowest BCUT2D eigenvalue weighted by atomic mass is 9.99. The lowest BCUT2D eigenvalue weighted by Crippen LogP contribution is -2.59. The van der Waals surface area contributed by atoms with Gasteiger partial charge in [-0.25, -0.2) is 0 Å². The Bertz CT molecular complexity index is 1070. The molecular weight excluding hydrogens is 725 g/mol. The van der Waals surface area contributed by atoms with Gasteiger partial charge < -0.3 is 39.4 Å². The molecule has 6 atom stereocenters. The Kier molecular flexibility index (Phi) is 35.0. The summed E-state index contributed by atoms with van der Waals surface area (Å²) in [5.41, 5.74) is 0. The smallest absolute Gasteiger partial charge is 0.306 e. The lowest BCUT2D eigenvalue weighted by molar-refractivity contribution is -0.305. The van der Waals surface area contributed by atoms with E-state index in [9.17, 15) is 30.0 Å². The third-order valence-corrected chi connectivity index (χ3v) is 10.2. The fourth-order valence-corrected chi connectivity index (χ4v) is 6.54. The average molecular weight is 807 g/mol. The van der Waals surface area contributed by atoms with Gasteiger partial charge in [0.15, 0.2) is 12.4 Å². The molecule has 10 nitrogen and oxygen atoms in total. The van der Waals surface area contributed by atoms with Gasteiger partial charge in [0.1, 0.15) is 31.0 Å². The topological polar surface area (TPSA) is 152 Å². The highest BCUT2D eigenvalue weighted by Crippen LogP contribution is 2.22. The molecule has 0 saturated carbocycles. The second-order valence-corrected chi connectivity index (χ2v) is 15.5. The Labute approximate surface area is 346 Å². The van der Waals surface area contributed by atoms with Gasteiger partial charge in [0.25, 0.3) is 0 Å². The first-order chi connectivity index (χ1) is 27.8. The van der Waals surface area contributed by atoms with Gasteiger partial charge in [-0.1, -0.05) is 140 Å². The second kappa shape index (κ2) is 37.9. The van der Waals surface area contributed by atoms with Crippen LogP contribution in [-0.4, -0.2) is 89.0 Å². The molecule has 0 aliphatic carbocycles. The highest BCUT2D eigenvalue weighted by atomic mass is 16.7. The summed E-state index contributed by atoms with van der Waals surface area (Å²) in [6.45, 7) is 3.35. The molecule has 1 heterocycles. The Morgan fingerprint density at radius 2 is 0.982 bits per heavy atom. The first-order valence-electron chi connectivity index (χ1n) is 22.7. The predicted molar refractivity (Wildman–Crippen MR) is 229 cm³/mol. The molecule has 1 fully saturated rings. The molecule has 0 amide bonds. The highest BCUT2D eigenvalue weighted by Gasteiger charge is 2.44. The number of carbonyl (C=O) groups excluding carboxylic acids is 2. The summed E-state index contributed by atoms with van der Waals surface area (Å²) >= 11 is 0. The number of hydrogen-bond acceptors (Lipinski definition) is 10. The number of rotatable bonds is 37. The average Bonchev–Trinajstić information content (AvgIpc) is 3.21. The molecular formula is C47H82O10. The van der Waals surface area contributed by atoms with Crippen molar-refractivity contribution in [2.24, 2.45) is 0 Å². The van der Waals surface area contributed by atoms with Crippen molar-refractivity contribution in [2.45, 2.75) is 218 Å². The molecule has 1 saturated heterocycles. The molecule has 57 heavy (non-hydrogen) atoms. The molecule has 0 radical (unpaired) electrons. The fraction of sp³-hybridized carbons (Fsp3) is 0.787. The van der Waals surface area contributed by atoms with Crippen LogP contribution in [0, 0.1) is 0 Å². The number of aliphatic hydroxyl groups is 4. The van der Waals surface area contributed by atoms with E-state index in [0.29, 0.717) is 6.42 Å². The van der Waals surface area contributed by atoms with Gasteiger partial charge in [0.05, 0.1) is 13.2 Å². The Balaban J connectivity index is 2.35. The van der Waals surface area contributed by atoms with E-state index >= 15 is 0 Å². The number of carbonyl (C=O) groups is 2. The van der Waals surface area contributed by atoms with Crippen LogP contribution in [0.15, 0.2) is 48.6 Å². The molecule has 2 unspecified atom stereocenters. The summed E-state index contributed by atoms with van der Waals surface area (Å²) in [4.78, 5) is 25.3. The summed E-state index contributed by atoms with van der Waals surface area (Å²) < 4.78 is 22.1. The largest absolute Gasteiger partial charge is 0.462 e. The van der Waals surface area contributed by atoms with Crippen molar-refractivity contribution in [1.29, 1.82) is 0 Å². The molecule has 1 aliphatic heterocycles. The third-order valence-electron chi connectivity index (χ3n) is 10.2. The van der Waals surface area contributed by atoms with E-state index in [1.807, 2.05) is 0 Å². The second-order valence-electron chi connectivity index (χ2n) is 15.5. The van der Waals surface area contributed by atoms with Gasteiger partial charge in [0.2, 0.25) is 0 Å². The maximum absolute atomic E-state index is 12.8. The van der Waals surface area contributed by atoms with Crippen LogP contribution in [0.2, 0.25) is 0 Å². The zero-order valence-corrected chi connectivity index (χ0v) is 35.8.